The van der Waals surface area contributed by atoms with Crippen LogP contribution in [-0.2, 0) is 4.79 Å². The van der Waals surface area contributed by atoms with E-state index in [1.807, 2.05) is 23.1 Å². The minimum Gasteiger partial charge on any atom is -0.484 e. The van der Waals surface area contributed by atoms with Crippen LogP contribution in [-0.4, -0.2) is 53.3 Å². The zero-order valence-corrected chi connectivity index (χ0v) is 13.2. The highest BCUT2D eigenvalue weighted by atomic mass is 16.5. The fraction of sp³-hybridized carbons (Fsp3) is 0.353. The molecule has 2 N–H and O–H groups in total. The molecular formula is C17H20N4O3. The van der Waals surface area contributed by atoms with Gasteiger partial charge in [-0.2, -0.15) is 0 Å². The van der Waals surface area contributed by atoms with E-state index in [2.05, 4.69) is 15.3 Å². The number of anilines is 1. The monoisotopic (exact) mass is 328 g/mol. The van der Waals surface area contributed by atoms with Gasteiger partial charge in [-0.3, -0.25) is 4.79 Å². The standard InChI is InChI=1S/C17H20N4O3/c22-11-13-9-21(17-18-7-4-8-19-17)10-15(13)20-16(23)12-24-14-5-2-1-3-6-14/h1-8,13,15,22H,9-12H2,(H,20,23)/t13-,15+/m0/s1. The van der Waals surface area contributed by atoms with Crippen LogP contribution in [0.1, 0.15) is 0 Å². The van der Waals surface area contributed by atoms with E-state index in [-0.39, 0.29) is 31.1 Å². The Morgan fingerprint density at radius 2 is 1.96 bits per heavy atom. The lowest BCUT2D eigenvalue weighted by Gasteiger charge is -2.18. The third kappa shape index (κ3) is 3.99. The smallest absolute Gasteiger partial charge is 0.258 e. The van der Waals surface area contributed by atoms with E-state index in [4.69, 9.17) is 4.74 Å². The Morgan fingerprint density at radius 3 is 2.67 bits per heavy atom. The predicted molar refractivity (Wildman–Crippen MR) is 88.7 cm³/mol. The molecule has 126 valence electrons. The van der Waals surface area contributed by atoms with Crippen molar-refractivity contribution in [3.05, 3.63) is 48.8 Å². The minimum atomic E-state index is -0.210. The van der Waals surface area contributed by atoms with Crippen molar-refractivity contribution < 1.29 is 14.6 Å². The van der Waals surface area contributed by atoms with E-state index in [1.165, 1.54) is 0 Å². The number of aliphatic hydroxyl groups is 1. The molecule has 2 aromatic rings. The van der Waals surface area contributed by atoms with Gasteiger partial charge >= 0.3 is 0 Å². The van der Waals surface area contributed by atoms with E-state index < -0.39 is 0 Å². The van der Waals surface area contributed by atoms with Crippen LogP contribution in [0, 0.1) is 5.92 Å². The number of carbonyl (C=O) groups excluding carboxylic acids is 1. The molecule has 2 heterocycles. The van der Waals surface area contributed by atoms with Crippen molar-refractivity contribution in [2.24, 2.45) is 5.92 Å². The molecule has 0 radical (unpaired) electrons. The number of hydrogen-bond acceptors (Lipinski definition) is 6. The van der Waals surface area contributed by atoms with Gasteiger partial charge in [-0.1, -0.05) is 18.2 Å². The third-order valence-electron chi connectivity index (χ3n) is 3.97. The number of para-hydroxylation sites is 1. The Labute approximate surface area is 140 Å². The lowest BCUT2D eigenvalue weighted by molar-refractivity contribution is -0.124. The van der Waals surface area contributed by atoms with Crippen LogP contribution in [0.4, 0.5) is 5.95 Å². The number of hydrogen-bond donors (Lipinski definition) is 2. The normalized spacial score (nSPS) is 20.0. The van der Waals surface area contributed by atoms with Crippen molar-refractivity contribution >= 4 is 11.9 Å². The highest BCUT2D eigenvalue weighted by molar-refractivity contribution is 5.78. The third-order valence-corrected chi connectivity index (χ3v) is 3.97. The van der Waals surface area contributed by atoms with Gasteiger partial charge < -0.3 is 20.1 Å². The van der Waals surface area contributed by atoms with Gasteiger partial charge in [0.1, 0.15) is 5.75 Å². The minimum absolute atomic E-state index is 0.00613. The number of aliphatic hydroxyl groups excluding tert-OH is 1. The fourth-order valence-corrected chi connectivity index (χ4v) is 2.75. The van der Waals surface area contributed by atoms with Gasteiger partial charge in [0, 0.05) is 38.0 Å². The molecule has 3 rings (SSSR count). The van der Waals surface area contributed by atoms with Crippen molar-refractivity contribution in [1.82, 2.24) is 15.3 Å². The lowest BCUT2D eigenvalue weighted by atomic mass is 10.1. The SMILES string of the molecule is O=C(COc1ccccc1)N[C@@H]1CN(c2ncccn2)C[C@H]1CO. The van der Waals surface area contributed by atoms with Gasteiger partial charge in [-0.25, -0.2) is 9.97 Å². The quantitative estimate of drug-likeness (QED) is 0.801. The molecule has 0 spiro atoms. The van der Waals surface area contributed by atoms with Gasteiger partial charge in [-0.05, 0) is 18.2 Å². The molecule has 1 aromatic carbocycles. The predicted octanol–water partition coefficient (Wildman–Crippen LogP) is 0.469. The number of rotatable bonds is 6. The van der Waals surface area contributed by atoms with Gasteiger partial charge in [0.05, 0.1) is 6.04 Å². The average molecular weight is 328 g/mol. The maximum absolute atomic E-state index is 12.1. The highest BCUT2D eigenvalue weighted by Gasteiger charge is 2.34. The van der Waals surface area contributed by atoms with Crippen LogP contribution < -0.4 is 15.0 Å². The number of nitrogens with zero attached hydrogens (tertiary/aromatic N) is 3. The van der Waals surface area contributed by atoms with Gasteiger partial charge in [0.2, 0.25) is 5.95 Å². The summed E-state index contributed by atoms with van der Waals surface area (Å²) in [6.45, 7) is 1.10. The Bertz CT molecular complexity index is 653. The molecule has 1 fully saturated rings. The summed E-state index contributed by atoms with van der Waals surface area (Å²) in [6, 6.07) is 10.8. The molecule has 0 bridgehead atoms. The van der Waals surface area contributed by atoms with E-state index in [9.17, 15) is 9.90 Å². The number of amides is 1. The summed E-state index contributed by atoms with van der Waals surface area (Å²) >= 11 is 0. The lowest BCUT2D eigenvalue weighted by Crippen LogP contribution is -2.43. The first kappa shape index (κ1) is 16.2. The van der Waals surface area contributed by atoms with Gasteiger partial charge in [0.15, 0.2) is 6.61 Å². The molecule has 0 aliphatic carbocycles. The fourth-order valence-electron chi connectivity index (χ4n) is 2.75. The van der Waals surface area contributed by atoms with E-state index >= 15 is 0 Å². The largest absolute Gasteiger partial charge is 0.484 e. The number of nitrogens with one attached hydrogen (secondary N) is 1. The second kappa shape index (κ2) is 7.74. The van der Waals surface area contributed by atoms with Crippen LogP contribution >= 0.6 is 0 Å². The Balaban J connectivity index is 1.54. The molecule has 1 aliphatic rings. The Kier molecular flexibility index (Phi) is 5.22. The van der Waals surface area contributed by atoms with Crippen molar-refractivity contribution in [1.29, 1.82) is 0 Å². The molecule has 2 atom stereocenters. The highest BCUT2D eigenvalue weighted by Crippen LogP contribution is 2.20. The Morgan fingerprint density at radius 1 is 1.21 bits per heavy atom. The molecule has 7 heteroatoms. The molecule has 1 aliphatic heterocycles. The summed E-state index contributed by atoms with van der Waals surface area (Å²) in [6.07, 6.45) is 3.35. The topological polar surface area (TPSA) is 87.6 Å². The van der Waals surface area contributed by atoms with Crippen LogP contribution in [0.25, 0.3) is 0 Å². The molecule has 1 saturated heterocycles. The van der Waals surface area contributed by atoms with Crippen LogP contribution in [0.3, 0.4) is 0 Å². The van der Waals surface area contributed by atoms with E-state index in [0.717, 1.165) is 0 Å². The van der Waals surface area contributed by atoms with Crippen molar-refractivity contribution in [3.63, 3.8) is 0 Å². The van der Waals surface area contributed by atoms with E-state index in [1.54, 1.807) is 30.6 Å². The summed E-state index contributed by atoms with van der Waals surface area (Å²) in [7, 11) is 0. The molecule has 1 amide bonds. The van der Waals surface area contributed by atoms with Gasteiger partial charge in [0.25, 0.3) is 5.91 Å². The summed E-state index contributed by atoms with van der Waals surface area (Å²) in [4.78, 5) is 22.5. The van der Waals surface area contributed by atoms with Crippen molar-refractivity contribution in [2.75, 3.05) is 31.2 Å². The second-order valence-electron chi connectivity index (χ2n) is 5.67. The molecule has 7 nitrogen and oxygen atoms in total. The first-order chi connectivity index (χ1) is 11.8. The zero-order chi connectivity index (χ0) is 16.8. The number of aromatic nitrogens is 2. The first-order valence-electron chi connectivity index (χ1n) is 7.86. The van der Waals surface area contributed by atoms with Crippen LogP contribution in [0.2, 0.25) is 0 Å². The summed E-state index contributed by atoms with van der Waals surface area (Å²) in [5, 5.41) is 12.5. The Hall–Kier alpha value is -2.67. The summed E-state index contributed by atoms with van der Waals surface area (Å²) in [5.41, 5.74) is 0. The summed E-state index contributed by atoms with van der Waals surface area (Å²) in [5.74, 6) is 0.984. The number of carbonyl (C=O) groups is 1. The molecule has 0 unspecified atom stereocenters. The molecule has 0 saturated carbocycles. The molecular weight excluding hydrogens is 308 g/mol. The average Bonchev–Trinajstić information content (AvgIpc) is 3.04. The van der Waals surface area contributed by atoms with Crippen molar-refractivity contribution in [2.45, 2.75) is 6.04 Å². The van der Waals surface area contributed by atoms with E-state index in [0.29, 0.717) is 24.8 Å². The first-order valence-corrected chi connectivity index (χ1v) is 7.86. The number of benzene rings is 1. The maximum atomic E-state index is 12.1. The number of ether oxygens (including phenoxy) is 1. The van der Waals surface area contributed by atoms with Gasteiger partial charge in [-0.15, -0.1) is 0 Å². The molecule has 1 aromatic heterocycles. The maximum Gasteiger partial charge on any atom is 0.258 e. The zero-order valence-electron chi connectivity index (χ0n) is 13.2. The summed E-state index contributed by atoms with van der Waals surface area (Å²) < 4.78 is 5.45. The van der Waals surface area contributed by atoms with Crippen LogP contribution in [0.5, 0.6) is 5.75 Å². The van der Waals surface area contributed by atoms with Crippen molar-refractivity contribution in [3.8, 4) is 5.75 Å². The molecule has 24 heavy (non-hydrogen) atoms. The van der Waals surface area contributed by atoms with Crippen LogP contribution in [0.15, 0.2) is 48.8 Å². The second-order valence-corrected chi connectivity index (χ2v) is 5.67.